The number of carbonyl (C=O) groups excluding carboxylic acids is 1. The summed E-state index contributed by atoms with van der Waals surface area (Å²) in [6.45, 7) is -2.64. The summed E-state index contributed by atoms with van der Waals surface area (Å²) < 4.78 is 39.0. The minimum atomic E-state index is -2.94. The third-order valence-electron chi connectivity index (χ3n) is 3.42. The van der Waals surface area contributed by atoms with Gasteiger partial charge in [-0.2, -0.15) is 8.78 Å². The van der Waals surface area contributed by atoms with E-state index in [-0.39, 0.29) is 11.5 Å². The fraction of sp³-hybridized carbons (Fsp3) is 0.263. The van der Waals surface area contributed by atoms with Crippen molar-refractivity contribution in [3.05, 3.63) is 59.9 Å². The van der Waals surface area contributed by atoms with Gasteiger partial charge in [0.05, 0.1) is 13.7 Å². The van der Waals surface area contributed by atoms with E-state index in [4.69, 9.17) is 9.47 Å². The Kier molecular flexibility index (Phi) is 7.54. The second-order valence-electron chi connectivity index (χ2n) is 5.25. The maximum absolute atomic E-state index is 12.3. The molecule has 0 atom stereocenters. The fourth-order valence-electron chi connectivity index (χ4n) is 2.19. The molecule has 0 N–H and O–H groups in total. The number of hydrogen-bond donors (Lipinski definition) is 0. The van der Waals surface area contributed by atoms with E-state index in [0.29, 0.717) is 18.6 Å². The Morgan fingerprint density at radius 2 is 1.96 bits per heavy atom. The molecular formula is C19H19F2NO4. The molecule has 0 aliphatic rings. The van der Waals surface area contributed by atoms with Gasteiger partial charge in [-0.05, 0) is 54.3 Å². The third kappa shape index (κ3) is 6.51. The minimum absolute atomic E-state index is 0.0710. The quantitative estimate of drug-likeness (QED) is 0.384. The highest BCUT2D eigenvalue weighted by Gasteiger charge is 2.10. The normalized spacial score (nSPS) is 10.9. The second kappa shape index (κ2) is 10.1. The van der Waals surface area contributed by atoms with Crippen LogP contribution in [0.25, 0.3) is 6.08 Å². The van der Waals surface area contributed by atoms with Crippen molar-refractivity contribution >= 4 is 12.0 Å². The summed E-state index contributed by atoms with van der Waals surface area (Å²) in [5.41, 5.74) is 1.72. The molecule has 0 amide bonds. The molecule has 0 aliphatic heterocycles. The molecule has 0 saturated heterocycles. The first-order valence-electron chi connectivity index (χ1n) is 7.95. The number of esters is 1. The molecule has 26 heavy (non-hydrogen) atoms. The van der Waals surface area contributed by atoms with Gasteiger partial charge in [-0.25, -0.2) is 4.79 Å². The molecule has 0 spiro atoms. The van der Waals surface area contributed by atoms with Gasteiger partial charge in [-0.1, -0.05) is 6.07 Å². The van der Waals surface area contributed by atoms with E-state index in [9.17, 15) is 13.6 Å². The molecule has 5 nitrogen and oxygen atoms in total. The standard InChI is InChI=1S/C19H19F2NO4/c1-24-17-13-15(4-6-16(17)26-19(20)21)5-7-18(23)25-12-2-3-14-8-10-22-11-9-14/h4-11,13,19H,2-3,12H2,1H3. The average molecular weight is 363 g/mol. The lowest BCUT2D eigenvalue weighted by Crippen LogP contribution is -2.04. The van der Waals surface area contributed by atoms with Crippen molar-refractivity contribution in [2.24, 2.45) is 0 Å². The average Bonchev–Trinajstić information content (AvgIpc) is 2.65. The van der Waals surface area contributed by atoms with Crippen LogP contribution in [0.5, 0.6) is 11.5 Å². The van der Waals surface area contributed by atoms with Crippen LogP contribution in [0, 0.1) is 0 Å². The first-order chi connectivity index (χ1) is 12.6. The van der Waals surface area contributed by atoms with E-state index >= 15 is 0 Å². The number of pyridine rings is 1. The van der Waals surface area contributed by atoms with Gasteiger partial charge in [-0.3, -0.25) is 4.98 Å². The van der Waals surface area contributed by atoms with Crippen molar-refractivity contribution in [3.8, 4) is 11.5 Å². The summed E-state index contributed by atoms with van der Waals surface area (Å²) in [6, 6.07) is 8.20. The highest BCUT2D eigenvalue weighted by atomic mass is 19.3. The summed E-state index contributed by atoms with van der Waals surface area (Å²) in [4.78, 5) is 15.7. The van der Waals surface area contributed by atoms with Crippen LogP contribution in [0.2, 0.25) is 0 Å². The van der Waals surface area contributed by atoms with Crippen LogP contribution in [0.15, 0.2) is 48.8 Å². The predicted molar refractivity (Wildman–Crippen MR) is 92.2 cm³/mol. The lowest BCUT2D eigenvalue weighted by atomic mass is 10.1. The van der Waals surface area contributed by atoms with Crippen molar-refractivity contribution in [3.63, 3.8) is 0 Å². The molecule has 0 radical (unpaired) electrons. The highest BCUT2D eigenvalue weighted by molar-refractivity contribution is 5.87. The number of halogens is 2. The maximum atomic E-state index is 12.3. The Labute approximate surface area is 150 Å². The third-order valence-corrected chi connectivity index (χ3v) is 3.42. The first kappa shape index (κ1) is 19.4. The number of benzene rings is 1. The van der Waals surface area contributed by atoms with Gasteiger partial charge >= 0.3 is 12.6 Å². The summed E-state index contributed by atoms with van der Waals surface area (Å²) in [5, 5.41) is 0. The van der Waals surface area contributed by atoms with Gasteiger partial charge in [0, 0.05) is 18.5 Å². The van der Waals surface area contributed by atoms with Crippen LogP contribution in [-0.4, -0.2) is 31.3 Å². The van der Waals surface area contributed by atoms with Crippen molar-refractivity contribution in [1.82, 2.24) is 4.98 Å². The first-order valence-corrected chi connectivity index (χ1v) is 7.95. The highest BCUT2D eigenvalue weighted by Crippen LogP contribution is 2.29. The number of aromatic nitrogens is 1. The number of aryl methyl sites for hydroxylation is 1. The van der Waals surface area contributed by atoms with Crippen LogP contribution in [0.3, 0.4) is 0 Å². The largest absolute Gasteiger partial charge is 0.493 e. The van der Waals surface area contributed by atoms with E-state index in [1.807, 2.05) is 12.1 Å². The van der Waals surface area contributed by atoms with E-state index in [0.717, 1.165) is 12.0 Å². The number of methoxy groups -OCH3 is 1. The molecule has 138 valence electrons. The zero-order valence-electron chi connectivity index (χ0n) is 14.2. The molecule has 1 aromatic carbocycles. The number of hydrogen-bond acceptors (Lipinski definition) is 5. The van der Waals surface area contributed by atoms with Crippen LogP contribution in [0.4, 0.5) is 8.78 Å². The van der Waals surface area contributed by atoms with E-state index in [1.165, 1.54) is 37.5 Å². The molecule has 2 rings (SSSR count). The van der Waals surface area contributed by atoms with Gasteiger partial charge in [0.15, 0.2) is 11.5 Å². The SMILES string of the molecule is COc1cc(C=CC(=O)OCCCc2ccncc2)ccc1OC(F)F. The van der Waals surface area contributed by atoms with Crippen LogP contribution in [0.1, 0.15) is 17.5 Å². The van der Waals surface area contributed by atoms with Gasteiger partial charge in [0.1, 0.15) is 0 Å². The predicted octanol–water partition coefficient (Wildman–Crippen LogP) is 3.88. The minimum Gasteiger partial charge on any atom is -0.493 e. The lowest BCUT2D eigenvalue weighted by molar-refractivity contribution is -0.137. The molecule has 0 bridgehead atoms. The Morgan fingerprint density at radius 1 is 1.19 bits per heavy atom. The fourth-order valence-corrected chi connectivity index (χ4v) is 2.19. The van der Waals surface area contributed by atoms with E-state index in [1.54, 1.807) is 12.4 Å². The molecule has 0 saturated carbocycles. The second-order valence-corrected chi connectivity index (χ2v) is 5.25. The molecule has 0 aliphatic carbocycles. The number of alkyl halides is 2. The van der Waals surface area contributed by atoms with Crippen molar-refractivity contribution in [2.75, 3.05) is 13.7 Å². The van der Waals surface area contributed by atoms with Gasteiger partial charge < -0.3 is 14.2 Å². The van der Waals surface area contributed by atoms with E-state index in [2.05, 4.69) is 9.72 Å². The molecule has 0 fully saturated rings. The molecule has 7 heteroatoms. The van der Waals surface area contributed by atoms with Gasteiger partial charge in [-0.15, -0.1) is 0 Å². The molecular weight excluding hydrogens is 344 g/mol. The van der Waals surface area contributed by atoms with Crippen molar-refractivity contribution in [1.29, 1.82) is 0 Å². The van der Waals surface area contributed by atoms with Crippen LogP contribution >= 0.6 is 0 Å². The molecule has 0 unspecified atom stereocenters. The maximum Gasteiger partial charge on any atom is 0.387 e. The zero-order valence-corrected chi connectivity index (χ0v) is 14.2. The Morgan fingerprint density at radius 3 is 2.65 bits per heavy atom. The summed E-state index contributed by atoms with van der Waals surface area (Å²) in [5.74, 6) is -0.400. The summed E-state index contributed by atoms with van der Waals surface area (Å²) in [7, 11) is 1.35. The lowest BCUT2D eigenvalue weighted by Gasteiger charge is -2.10. The molecule has 1 heterocycles. The number of nitrogens with zero attached hydrogens (tertiary/aromatic N) is 1. The van der Waals surface area contributed by atoms with Crippen LogP contribution < -0.4 is 9.47 Å². The number of carbonyl (C=O) groups is 1. The Hall–Kier alpha value is -2.96. The van der Waals surface area contributed by atoms with Crippen LogP contribution in [-0.2, 0) is 16.0 Å². The number of rotatable bonds is 9. The van der Waals surface area contributed by atoms with Gasteiger partial charge in [0.25, 0.3) is 0 Å². The summed E-state index contributed by atoms with van der Waals surface area (Å²) in [6.07, 6.45) is 7.72. The zero-order chi connectivity index (χ0) is 18.8. The molecule has 2 aromatic rings. The van der Waals surface area contributed by atoms with Crippen molar-refractivity contribution in [2.45, 2.75) is 19.5 Å². The van der Waals surface area contributed by atoms with Crippen molar-refractivity contribution < 1.29 is 27.8 Å². The summed E-state index contributed by atoms with van der Waals surface area (Å²) >= 11 is 0. The monoisotopic (exact) mass is 363 g/mol. The Balaban J connectivity index is 1.81. The smallest absolute Gasteiger partial charge is 0.387 e. The number of ether oxygens (including phenoxy) is 3. The topological polar surface area (TPSA) is 57.7 Å². The van der Waals surface area contributed by atoms with E-state index < -0.39 is 12.6 Å². The Bertz CT molecular complexity index is 736. The molecule has 1 aromatic heterocycles. The van der Waals surface area contributed by atoms with Gasteiger partial charge in [0.2, 0.25) is 0 Å².